The van der Waals surface area contributed by atoms with Crippen LogP contribution >= 0.6 is 0 Å². The van der Waals surface area contributed by atoms with Crippen molar-refractivity contribution >= 4 is 11.1 Å². The minimum Gasteiger partial charge on any atom is -0.306 e. The van der Waals surface area contributed by atoms with Crippen LogP contribution in [0.2, 0.25) is 0 Å². The van der Waals surface area contributed by atoms with Gasteiger partial charge >= 0.3 is 0 Å². The molecule has 0 spiro atoms. The standard InChI is InChI=1S/C6H7NO2S/c8-10(9)5-6-3-1-2-4-7-6/h1-4H,5H2,(H,8,9). The number of aromatic nitrogens is 1. The molecule has 0 amide bonds. The SMILES string of the molecule is O=S(O)Cc1ccccn1. The zero-order valence-electron chi connectivity index (χ0n) is 5.23. The third-order valence-electron chi connectivity index (χ3n) is 0.998. The van der Waals surface area contributed by atoms with Crippen molar-refractivity contribution < 1.29 is 8.76 Å². The van der Waals surface area contributed by atoms with Crippen molar-refractivity contribution in [2.75, 3.05) is 0 Å². The van der Waals surface area contributed by atoms with Gasteiger partial charge in [-0.25, -0.2) is 4.21 Å². The molecule has 0 saturated carbocycles. The van der Waals surface area contributed by atoms with E-state index in [1.807, 2.05) is 0 Å². The van der Waals surface area contributed by atoms with Crippen LogP contribution in [0, 0.1) is 0 Å². The molecule has 0 fully saturated rings. The van der Waals surface area contributed by atoms with Gasteiger partial charge in [-0.1, -0.05) is 6.07 Å². The molecule has 0 radical (unpaired) electrons. The molecule has 0 saturated heterocycles. The molecule has 3 nitrogen and oxygen atoms in total. The van der Waals surface area contributed by atoms with E-state index >= 15 is 0 Å². The van der Waals surface area contributed by atoms with Gasteiger partial charge in [0.2, 0.25) is 0 Å². The fourth-order valence-electron chi connectivity index (χ4n) is 0.610. The van der Waals surface area contributed by atoms with Crippen LogP contribution in [-0.2, 0) is 16.8 Å². The maximum atomic E-state index is 10.2. The molecule has 1 heterocycles. The number of rotatable bonds is 2. The predicted octanol–water partition coefficient (Wildman–Crippen LogP) is 0.803. The van der Waals surface area contributed by atoms with Gasteiger partial charge in [0.1, 0.15) is 0 Å². The molecule has 10 heavy (non-hydrogen) atoms. The van der Waals surface area contributed by atoms with Gasteiger partial charge in [0.15, 0.2) is 11.1 Å². The second-order valence-corrected chi connectivity index (χ2v) is 2.72. The molecule has 1 atom stereocenters. The summed E-state index contributed by atoms with van der Waals surface area (Å²) in [5.74, 6) is 0.112. The van der Waals surface area contributed by atoms with E-state index in [0.717, 1.165) is 0 Å². The van der Waals surface area contributed by atoms with Gasteiger partial charge in [0.25, 0.3) is 0 Å². The Bertz CT molecular complexity index is 224. The van der Waals surface area contributed by atoms with Crippen LogP contribution < -0.4 is 0 Å². The van der Waals surface area contributed by atoms with E-state index in [-0.39, 0.29) is 5.75 Å². The van der Waals surface area contributed by atoms with Crippen LogP contribution in [0.5, 0.6) is 0 Å². The van der Waals surface area contributed by atoms with Crippen LogP contribution in [0.15, 0.2) is 24.4 Å². The Morgan fingerprint density at radius 2 is 2.40 bits per heavy atom. The summed E-state index contributed by atoms with van der Waals surface area (Å²) in [7, 11) is 0. The second-order valence-electron chi connectivity index (χ2n) is 1.79. The average molecular weight is 157 g/mol. The first-order chi connectivity index (χ1) is 4.79. The fraction of sp³-hybridized carbons (Fsp3) is 0.167. The summed E-state index contributed by atoms with van der Waals surface area (Å²) in [6.45, 7) is 0. The lowest BCUT2D eigenvalue weighted by Crippen LogP contribution is -1.94. The molecule has 1 aromatic rings. The van der Waals surface area contributed by atoms with Crippen LogP contribution in [-0.4, -0.2) is 13.7 Å². The van der Waals surface area contributed by atoms with Gasteiger partial charge in [-0.05, 0) is 12.1 Å². The Morgan fingerprint density at radius 1 is 1.60 bits per heavy atom. The molecular weight excluding hydrogens is 150 g/mol. The van der Waals surface area contributed by atoms with Crippen LogP contribution in [0.4, 0.5) is 0 Å². The Labute approximate surface area is 61.4 Å². The molecular formula is C6H7NO2S. The molecule has 1 unspecified atom stereocenters. The Hall–Kier alpha value is -0.740. The molecule has 1 N–H and O–H groups in total. The number of nitrogens with zero attached hydrogens (tertiary/aromatic N) is 1. The topological polar surface area (TPSA) is 50.2 Å². The highest BCUT2D eigenvalue weighted by Gasteiger charge is 1.95. The average Bonchev–Trinajstić information content (AvgIpc) is 1.88. The van der Waals surface area contributed by atoms with E-state index in [1.165, 1.54) is 0 Å². The number of hydrogen-bond donors (Lipinski definition) is 1. The van der Waals surface area contributed by atoms with E-state index in [0.29, 0.717) is 5.69 Å². The van der Waals surface area contributed by atoms with E-state index in [4.69, 9.17) is 4.55 Å². The van der Waals surface area contributed by atoms with E-state index < -0.39 is 11.1 Å². The maximum Gasteiger partial charge on any atom is 0.158 e. The molecule has 0 aromatic carbocycles. The van der Waals surface area contributed by atoms with Gasteiger partial charge in [-0.2, -0.15) is 0 Å². The molecule has 0 aliphatic heterocycles. The minimum absolute atomic E-state index is 0.112. The number of hydrogen-bond acceptors (Lipinski definition) is 2. The molecule has 4 heteroatoms. The van der Waals surface area contributed by atoms with Crippen LogP contribution in [0.3, 0.4) is 0 Å². The van der Waals surface area contributed by atoms with Crippen molar-refractivity contribution in [2.45, 2.75) is 5.75 Å². The van der Waals surface area contributed by atoms with E-state index in [2.05, 4.69) is 4.98 Å². The van der Waals surface area contributed by atoms with E-state index in [1.54, 1.807) is 24.4 Å². The molecule has 0 aliphatic rings. The summed E-state index contributed by atoms with van der Waals surface area (Å²) in [5, 5.41) is 0. The summed E-state index contributed by atoms with van der Waals surface area (Å²) in [5.41, 5.74) is 0.642. The van der Waals surface area contributed by atoms with Crippen LogP contribution in [0.1, 0.15) is 5.69 Å². The summed E-state index contributed by atoms with van der Waals surface area (Å²) in [6.07, 6.45) is 1.60. The lowest BCUT2D eigenvalue weighted by atomic mass is 10.4. The Morgan fingerprint density at radius 3 is 2.90 bits per heavy atom. The molecule has 1 rings (SSSR count). The Balaban J connectivity index is 2.67. The first kappa shape index (κ1) is 7.37. The highest BCUT2D eigenvalue weighted by molar-refractivity contribution is 7.78. The first-order valence-corrected chi connectivity index (χ1v) is 4.04. The van der Waals surface area contributed by atoms with Crippen molar-refractivity contribution in [3.05, 3.63) is 30.1 Å². The largest absolute Gasteiger partial charge is 0.306 e. The molecule has 54 valence electrons. The van der Waals surface area contributed by atoms with Gasteiger partial charge < -0.3 is 4.55 Å². The maximum absolute atomic E-state index is 10.2. The zero-order chi connectivity index (χ0) is 7.40. The summed E-state index contributed by atoms with van der Waals surface area (Å²) in [6, 6.07) is 5.27. The van der Waals surface area contributed by atoms with Crippen LogP contribution in [0.25, 0.3) is 0 Å². The monoisotopic (exact) mass is 157 g/mol. The van der Waals surface area contributed by atoms with Crippen molar-refractivity contribution in [1.82, 2.24) is 4.98 Å². The predicted molar refractivity (Wildman–Crippen MR) is 38.7 cm³/mol. The normalized spacial score (nSPS) is 12.9. The van der Waals surface area contributed by atoms with E-state index in [9.17, 15) is 4.21 Å². The second kappa shape index (κ2) is 3.43. The van der Waals surface area contributed by atoms with Crippen molar-refractivity contribution in [3.63, 3.8) is 0 Å². The summed E-state index contributed by atoms with van der Waals surface area (Å²) in [4.78, 5) is 3.87. The quantitative estimate of drug-likeness (QED) is 0.646. The minimum atomic E-state index is -1.78. The summed E-state index contributed by atoms with van der Waals surface area (Å²) >= 11 is -1.78. The van der Waals surface area contributed by atoms with Crippen molar-refractivity contribution in [2.24, 2.45) is 0 Å². The lowest BCUT2D eigenvalue weighted by Gasteiger charge is -1.92. The first-order valence-electron chi connectivity index (χ1n) is 2.76. The van der Waals surface area contributed by atoms with Gasteiger partial charge in [-0.15, -0.1) is 0 Å². The van der Waals surface area contributed by atoms with Gasteiger partial charge in [0.05, 0.1) is 11.4 Å². The highest BCUT2D eigenvalue weighted by Crippen LogP contribution is 1.95. The lowest BCUT2D eigenvalue weighted by molar-refractivity contribution is 0.563. The fourth-order valence-corrected chi connectivity index (χ4v) is 1.03. The molecule has 1 aromatic heterocycles. The number of pyridine rings is 1. The Kier molecular flexibility index (Phi) is 2.53. The van der Waals surface area contributed by atoms with Crippen molar-refractivity contribution in [3.8, 4) is 0 Å². The molecule has 0 aliphatic carbocycles. The van der Waals surface area contributed by atoms with Crippen molar-refractivity contribution in [1.29, 1.82) is 0 Å². The van der Waals surface area contributed by atoms with Gasteiger partial charge in [0, 0.05) is 6.20 Å². The third-order valence-corrected chi connectivity index (χ3v) is 1.54. The highest BCUT2D eigenvalue weighted by atomic mass is 32.2. The smallest absolute Gasteiger partial charge is 0.158 e. The third kappa shape index (κ3) is 2.24. The molecule has 0 bridgehead atoms. The van der Waals surface area contributed by atoms with Gasteiger partial charge in [-0.3, -0.25) is 4.98 Å². The zero-order valence-corrected chi connectivity index (χ0v) is 6.04. The summed E-state index contributed by atoms with van der Waals surface area (Å²) < 4.78 is 18.7.